The number of thiophene rings is 1. The summed E-state index contributed by atoms with van der Waals surface area (Å²) in [7, 11) is 0. The zero-order valence-electron chi connectivity index (χ0n) is 15.2. The van der Waals surface area contributed by atoms with Gasteiger partial charge in [-0.3, -0.25) is 9.59 Å². The van der Waals surface area contributed by atoms with E-state index in [1.165, 1.54) is 0 Å². The maximum Gasteiger partial charge on any atom is 0.263 e. The fourth-order valence-corrected chi connectivity index (χ4v) is 3.86. The maximum atomic E-state index is 12.9. The standard InChI is InChI=1S/C22H20N2O3S/c25-21(13-17-9-6-12-28-17)24-15-20(27-19-11-5-4-10-18(19)24)22(26)23-14-16-7-2-1-3-8-16/h1-12,20H,13-15H2,(H,23,26). The Kier molecular flexibility index (Phi) is 5.39. The van der Waals surface area contributed by atoms with Gasteiger partial charge in [-0.15, -0.1) is 11.3 Å². The molecule has 0 radical (unpaired) electrons. The highest BCUT2D eigenvalue weighted by Gasteiger charge is 2.33. The van der Waals surface area contributed by atoms with Crippen LogP contribution < -0.4 is 15.0 Å². The molecule has 0 fully saturated rings. The molecule has 0 aliphatic carbocycles. The van der Waals surface area contributed by atoms with Crippen LogP contribution in [0.2, 0.25) is 0 Å². The number of nitrogens with one attached hydrogen (secondary N) is 1. The molecule has 2 amide bonds. The molecule has 2 aromatic carbocycles. The van der Waals surface area contributed by atoms with Crippen LogP contribution in [0.1, 0.15) is 10.4 Å². The predicted molar refractivity (Wildman–Crippen MR) is 110 cm³/mol. The summed E-state index contributed by atoms with van der Waals surface area (Å²) in [5, 5.41) is 4.86. The minimum Gasteiger partial charge on any atom is -0.477 e. The van der Waals surface area contributed by atoms with Gasteiger partial charge in [0, 0.05) is 11.4 Å². The Labute approximate surface area is 167 Å². The number of amides is 2. The average Bonchev–Trinajstić information content (AvgIpc) is 3.25. The van der Waals surface area contributed by atoms with Crippen molar-refractivity contribution in [3.8, 4) is 5.75 Å². The molecular formula is C22H20N2O3S. The van der Waals surface area contributed by atoms with Crippen molar-refractivity contribution >= 4 is 28.8 Å². The highest BCUT2D eigenvalue weighted by atomic mass is 32.1. The Morgan fingerprint density at radius 2 is 1.82 bits per heavy atom. The highest BCUT2D eigenvalue weighted by Crippen LogP contribution is 2.33. The lowest BCUT2D eigenvalue weighted by Gasteiger charge is -2.34. The third kappa shape index (κ3) is 4.07. The van der Waals surface area contributed by atoms with E-state index in [0.29, 0.717) is 24.4 Å². The molecule has 1 atom stereocenters. The topological polar surface area (TPSA) is 58.6 Å². The first-order chi connectivity index (χ1) is 13.7. The quantitative estimate of drug-likeness (QED) is 0.724. The van der Waals surface area contributed by atoms with Crippen molar-refractivity contribution in [3.05, 3.63) is 82.6 Å². The molecule has 2 heterocycles. The molecule has 4 rings (SSSR count). The number of para-hydroxylation sites is 2. The number of rotatable bonds is 5. The first-order valence-electron chi connectivity index (χ1n) is 9.11. The van der Waals surface area contributed by atoms with E-state index in [1.807, 2.05) is 66.0 Å². The van der Waals surface area contributed by atoms with Crippen LogP contribution in [-0.4, -0.2) is 24.5 Å². The molecule has 0 spiro atoms. The normalized spacial score (nSPS) is 15.4. The van der Waals surface area contributed by atoms with Crippen molar-refractivity contribution < 1.29 is 14.3 Å². The zero-order chi connectivity index (χ0) is 19.3. The van der Waals surface area contributed by atoms with Crippen LogP contribution in [0.5, 0.6) is 5.75 Å². The van der Waals surface area contributed by atoms with E-state index in [9.17, 15) is 9.59 Å². The summed E-state index contributed by atoms with van der Waals surface area (Å²) in [6.07, 6.45) is -0.435. The van der Waals surface area contributed by atoms with Gasteiger partial charge in [-0.05, 0) is 29.1 Å². The Bertz CT molecular complexity index is 957. The van der Waals surface area contributed by atoms with Crippen molar-refractivity contribution in [3.63, 3.8) is 0 Å². The third-order valence-corrected chi connectivity index (χ3v) is 5.46. The average molecular weight is 392 g/mol. The van der Waals surface area contributed by atoms with Gasteiger partial charge in [0.05, 0.1) is 18.7 Å². The number of carbonyl (C=O) groups is 2. The Hall–Kier alpha value is -3.12. The van der Waals surface area contributed by atoms with E-state index in [1.54, 1.807) is 22.3 Å². The Morgan fingerprint density at radius 3 is 2.61 bits per heavy atom. The Balaban J connectivity index is 1.49. The number of nitrogens with zero attached hydrogens (tertiary/aromatic N) is 1. The summed E-state index contributed by atoms with van der Waals surface area (Å²) in [6, 6.07) is 20.9. The molecule has 1 aliphatic heterocycles. The number of fused-ring (bicyclic) bond motifs is 1. The Morgan fingerprint density at radius 1 is 1.04 bits per heavy atom. The van der Waals surface area contributed by atoms with Crippen LogP contribution in [0, 0.1) is 0 Å². The lowest BCUT2D eigenvalue weighted by atomic mass is 10.1. The van der Waals surface area contributed by atoms with E-state index >= 15 is 0 Å². The van der Waals surface area contributed by atoms with E-state index in [2.05, 4.69) is 5.32 Å². The number of anilines is 1. The van der Waals surface area contributed by atoms with E-state index in [0.717, 1.165) is 10.4 Å². The summed E-state index contributed by atoms with van der Waals surface area (Å²) in [5.74, 6) is 0.277. The van der Waals surface area contributed by atoms with Gasteiger partial charge in [-0.2, -0.15) is 0 Å². The molecule has 28 heavy (non-hydrogen) atoms. The fourth-order valence-electron chi connectivity index (χ4n) is 3.16. The molecule has 0 saturated carbocycles. The summed E-state index contributed by atoms with van der Waals surface area (Å²) in [4.78, 5) is 28.3. The molecule has 1 aromatic heterocycles. The summed E-state index contributed by atoms with van der Waals surface area (Å²) < 4.78 is 5.89. The molecule has 0 bridgehead atoms. The van der Waals surface area contributed by atoms with Crippen LogP contribution >= 0.6 is 11.3 Å². The molecule has 6 heteroatoms. The van der Waals surface area contributed by atoms with Crippen molar-refractivity contribution in [1.29, 1.82) is 0 Å². The van der Waals surface area contributed by atoms with Gasteiger partial charge in [0.1, 0.15) is 5.75 Å². The van der Waals surface area contributed by atoms with Gasteiger partial charge in [-0.25, -0.2) is 0 Å². The maximum absolute atomic E-state index is 12.9. The van der Waals surface area contributed by atoms with Crippen LogP contribution in [0.3, 0.4) is 0 Å². The lowest BCUT2D eigenvalue weighted by molar-refractivity contribution is -0.128. The predicted octanol–water partition coefficient (Wildman–Crippen LogP) is 3.40. The third-order valence-electron chi connectivity index (χ3n) is 4.58. The molecule has 0 saturated heterocycles. The second kappa shape index (κ2) is 8.27. The zero-order valence-corrected chi connectivity index (χ0v) is 16.0. The van der Waals surface area contributed by atoms with Crippen LogP contribution in [-0.2, 0) is 22.6 Å². The van der Waals surface area contributed by atoms with Crippen LogP contribution in [0.4, 0.5) is 5.69 Å². The molecule has 1 N–H and O–H groups in total. The number of carbonyl (C=O) groups excluding carboxylic acids is 2. The van der Waals surface area contributed by atoms with Crippen LogP contribution in [0.25, 0.3) is 0 Å². The smallest absolute Gasteiger partial charge is 0.263 e. The molecular weight excluding hydrogens is 372 g/mol. The van der Waals surface area contributed by atoms with E-state index in [-0.39, 0.29) is 18.4 Å². The SMILES string of the molecule is O=C(NCc1ccccc1)C1CN(C(=O)Cc2cccs2)c2ccccc2O1. The lowest BCUT2D eigenvalue weighted by Crippen LogP contribution is -2.51. The summed E-state index contributed by atoms with van der Waals surface area (Å²) >= 11 is 1.55. The van der Waals surface area contributed by atoms with Gasteiger partial charge < -0.3 is 15.0 Å². The van der Waals surface area contributed by atoms with Crippen LogP contribution in [0.15, 0.2) is 72.1 Å². The second-order valence-electron chi connectivity index (χ2n) is 6.54. The fraction of sp³-hybridized carbons (Fsp3) is 0.182. The van der Waals surface area contributed by atoms with Crippen molar-refractivity contribution in [2.45, 2.75) is 19.1 Å². The van der Waals surface area contributed by atoms with Gasteiger partial charge in [-0.1, -0.05) is 48.5 Å². The molecule has 3 aromatic rings. The van der Waals surface area contributed by atoms with Crippen molar-refractivity contribution in [2.75, 3.05) is 11.4 Å². The number of benzene rings is 2. The highest BCUT2D eigenvalue weighted by molar-refractivity contribution is 7.10. The second-order valence-corrected chi connectivity index (χ2v) is 7.57. The molecule has 142 valence electrons. The number of ether oxygens (including phenoxy) is 1. The first kappa shape index (κ1) is 18.3. The largest absolute Gasteiger partial charge is 0.477 e. The monoisotopic (exact) mass is 392 g/mol. The summed E-state index contributed by atoms with van der Waals surface area (Å²) in [6.45, 7) is 0.617. The van der Waals surface area contributed by atoms with Gasteiger partial charge >= 0.3 is 0 Å². The first-order valence-corrected chi connectivity index (χ1v) is 9.99. The molecule has 1 unspecified atom stereocenters. The minimum atomic E-state index is -0.745. The van der Waals surface area contributed by atoms with Crippen molar-refractivity contribution in [2.24, 2.45) is 0 Å². The molecule has 1 aliphatic rings. The van der Waals surface area contributed by atoms with Gasteiger partial charge in [0.15, 0.2) is 6.10 Å². The van der Waals surface area contributed by atoms with E-state index in [4.69, 9.17) is 4.74 Å². The number of hydrogen-bond donors (Lipinski definition) is 1. The minimum absolute atomic E-state index is 0.0425. The molecule has 5 nitrogen and oxygen atoms in total. The number of hydrogen-bond acceptors (Lipinski definition) is 4. The summed E-state index contributed by atoms with van der Waals surface area (Å²) in [5.41, 5.74) is 1.72. The van der Waals surface area contributed by atoms with Crippen molar-refractivity contribution in [1.82, 2.24) is 5.32 Å². The van der Waals surface area contributed by atoms with E-state index < -0.39 is 6.10 Å². The van der Waals surface area contributed by atoms with Gasteiger partial charge in [0.25, 0.3) is 5.91 Å². The van der Waals surface area contributed by atoms with Gasteiger partial charge in [0.2, 0.25) is 5.91 Å².